The van der Waals surface area contributed by atoms with Gasteiger partial charge in [0.2, 0.25) is 0 Å². The summed E-state index contributed by atoms with van der Waals surface area (Å²) < 4.78 is 17.2. The van der Waals surface area contributed by atoms with Crippen molar-refractivity contribution in [2.75, 3.05) is 33.5 Å². The smallest absolute Gasteiger partial charge is 0.396 e. The third-order valence-electron chi connectivity index (χ3n) is 3.91. The highest BCUT2D eigenvalue weighted by Crippen LogP contribution is 2.63. The lowest BCUT2D eigenvalue weighted by atomic mass is 10.1. The van der Waals surface area contributed by atoms with Crippen molar-refractivity contribution in [1.29, 1.82) is 0 Å². The van der Waals surface area contributed by atoms with Gasteiger partial charge in [0, 0.05) is 32.8 Å². The molecule has 1 aromatic carbocycles. The van der Waals surface area contributed by atoms with E-state index in [9.17, 15) is 9.36 Å². The van der Waals surface area contributed by atoms with Crippen molar-refractivity contribution in [1.82, 2.24) is 4.90 Å². The Labute approximate surface area is 191 Å². The molecule has 0 aliphatic rings. The van der Waals surface area contributed by atoms with Crippen molar-refractivity contribution in [3.8, 4) is 0 Å². The minimum absolute atomic E-state index is 0.0208. The number of benzene rings is 1. The Bertz CT molecular complexity index is 746. The van der Waals surface area contributed by atoms with E-state index in [4.69, 9.17) is 44.4 Å². The molecule has 1 atom stereocenters. The van der Waals surface area contributed by atoms with E-state index in [0.717, 1.165) is 11.1 Å². The Morgan fingerprint density at radius 1 is 1.21 bits per heavy atom. The molecule has 0 heterocycles. The van der Waals surface area contributed by atoms with Crippen LogP contribution in [0.15, 0.2) is 29.4 Å². The predicted molar refractivity (Wildman–Crippen MR) is 124 cm³/mol. The van der Waals surface area contributed by atoms with Gasteiger partial charge in [-0.1, -0.05) is 89.5 Å². The van der Waals surface area contributed by atoms with Crippen molar-refractivity contribution in [2.45, 2.75) is 29.3 Å². The minimum atomic E-state index is -2.58. The zero-order valence-electron chi connectivity index (χ0n) is 17.0. The summed E-state index contributed by atoms with van der Waals surface area (Å²) in [5, 5.41) is 3.29. The van der Waals surface area contributed by atoms with Crippen molar-refractivity contribution >= 4 is 64.5 Å². The van der Waals surface area contributed by atoms with Crippen LogP contribution >= 0.6 is 52.5 Å². The van der Waals surface area contributed by atoms with E-state index in [1.165, 1.54) is 23.4 Å². The number of alkyl halides is 3. The molecule has 0 N–H and O–H groups in total. The second-order valence-corrected chi connectivity index (χ2v) is 15.1. The first-order valence-corrected chi connectivity index (χ1v) is 13.6. The summed E-state index contributed by atoms with van der Waals surface area (Å²) in [4.78, 5) is 18.3. The molecule has 164 valence electrons. The first kappa shape index (κ1) is 26.4. The number of nitrogens with zero attached hydrogens (tertiary/aromatic N) is 2. The number of hydrogen-bond acceptors (Lipinski definition) is 6. The number of amides is 1. The molecule has 11 heteroatoms. The highest BCUT2D eigenvalue weighted by Gasteiger charge is 2.32. The Kier molecular flexibility index (Phi) is 10.7. The van der Waals surface area contributed by atoms with Gasteiger partial charge < -0.3 is 19.0 Å². The summed E-state index contributed by atoms with van der Waals surface area (Å²) in [5.41, 5.74) is 1.56. The highest BCUT2D eigenvalue weighted by atomic mass is 35.6. The van der Waals surface area contributed by atoms with Crippen LogP contribution in [0.4, 0.5) is 4.79 Å². The molecule has 1 rings (SSSR count). The number of halogens is 3. The molecule has 0 spiro atoms. The average Bonchev–Trinajstić information content (AvgIpc) is 2.65. The normalized spacial score (nSPS) is 13.7. The third-order valence-corrected chi connectivity index (χ3v) is 10.6. The minimum Gasteiger partial charge on any atom is -0.396 e. The molecule has 0 aliphatic carbocycles. The molecular weight excluding hydrogens is 478 g/mol. The van der Waals surface area contributed by atoms with Gasteiger partial charge in [0.1, 0.15) is 18.7 Å². The van der Waals surface area contributed by atoms with Gasteiger partial charge in [0.05, 0.1) is 0 Å². The van der Waals surface area contributed by atoms with E-state index in [1.807, 2.05) is 38.1 Å². The summed E-state index contributed by atoms with van der Waals surface area (Å²) in [6, 6.07) is 7.25. The van der Waals surface area contributed by atoms with Crippen molar-refractivity contribution in [3.05, 3.63) is 35.4 Å². The van der Waals surface area contributed by atoms with E-state index in [2.05, 4.69) is 5.16 Å². The molecule has 0 aliphatic heterocycles. The summed E-state index contributed by atoms with van der Waals surface area (Å²) in [5.74, 6) is 0.0208. The summed E-state index contributed by atoms with van der Waals surface area (Å²) in [6.45, 7) is 3.74. The molecule has 0 radical (unpaired) electrons. The van der Waals surface area contributed by atoms with Crippen LogP contribution in [0, 0.1) is 0 Å². The SMILES string of the molecule is CCP(=O)(CC)SC(C(=NOC)OC(=O)N(C)C)c1ccc(CC(Cl)(Cl)Cl)cc1. The zero-order valence-corrected chi connectivity index (χ0v) is 21.0. The molecule has 1 amide bonds. The second-order valence-electron chi connectivity index (χ2n) is 6.34. The van der Waals surface area contributed by atoms with Crippen LogP contribution in [0.25, 0.3) is 0 Å². The van der Waals surface area contributed by atoms with Gasteiger partial charge in [-0.25, -0.2) is 4.79 Å². The zero-order chi connectivity index (χ0) is 22.2. The number of carbonyl (C=O) groups is 1. The molecule has 6 nitrogen and oxygen atoms in total. The first-order valence-electron chi connectivity index (χ1n) is 8.87. The number of hydrogen-bond donors (Lipinski definition) is 0. The van der Waals surface area contributed by atoms with Crippen LogP contribution in [0.5, 0.6) is 0 Å². The van der Waals surface area contributed by atoms with Crippen LogP contribution in [0.1, 0.15) is 30.2 Å². The molecule has 0 saturated heterocycles. The van der Waals surface area contributed by atoms with Crippen LogP contribution in [-0.4, -0.2) is 54.2 Å². The molecule has 0 bridgehead atoms. The largest absolute Gasteiger partial charge is 0.415 e. The van der Waals surface area contributed by atoms with E-state index < -0.39 is 21.5 Å². The maximum atomic E-state index is 13.2. The average molecular weight is 504 g/mol. The molecule has 0 fully saturated rings. The van der Waals surface area contributed by atoms with Crippen LogP contribution < -0.4 is 0 Å². The van der Waals surface area contributed by atoms with Crippen LogP contribution in [-0.2, 0) is 20.6 Å². The van der Waals surface area contributed by atoms with Gasteiger partial charge in [-0.15, -0.1) is 0 Å². The quantitative estimate of drug-likeness (QED) is 0.136. The second kappa shape index (κ2) is 11.7. The Balaban J connectivity index is 3.33. The first-order chi connectivity index (χ1) is 13.4. The monoisotopic (exact) mass is 502 g/mol. The fourth-order valence-corrected chi connectivity index (χ4v) is 6.98. The molecule has 1 unspecified atom stereocenters. The summed E-state index contributed by atoms with van der Waals surface area (Å²) >= 11 is 18.8. The number of ether oxygens (including phenoxy) is 1. The van der Waals surface area contributed by atoms with Crippen molar-refractivity contribution < 1.29 is 18.9 Å². The Morgan fingerprint density at radius 3 is 2.17 bits per heavy atom. The Morgan fingerprint density at radius 2 is 1.76 bits per heavy atom. The fourth-order valence-electron chi connectivity index (χ4n) is 2.25. The predicted octanol–water partition coefficient (Wildman–Crippen LogP) is 6.35. The Hall–Kier alpha value is -0.590. The van der Waals surface area contributed by atoms with E-state index in [0.29, 0.717) is 12.3 Å². The van der Waals surface area contributed by atoms with Gasteiger partial charge in [-0.3, -0.25) is 0 Å². The van der Waals surface area contributed by atoms with Gasteiger partial charge >= 0.3 is 6.09 Å². The van der Waals surface area contributed by atoms with Crippen LogP contribution in [0.2, 0.25) is 0 Å². The molecular formula is C18H26Cl3N2O4PS. The lowest BCUT2D eigenvalue weighted by molar-refractivity contribution is 0.156. The maximum Gasteiger partial charge on any atom is 0.415 e. The topological polar surface area (TPSA) is 68.2 Å². The fraction of sp³-hybridized carbons (Fsp3) is 0.556. The molecule has 1 aromatic rings. The van der Waals surface area contributed by atoms with Gasteiger partial charge in [0.15, 0.2) is 3.79 Å². The summed E-state index contributed by atoms with van der Waals surface area (Å²) in [7, 11) is 4.47. The van der Waals surface area contributed by atoms with Crippen molar-refractivity contribution in [3.63, 3.8) is 0 Å². The molecule has 0 aromatic heterocycles. The lowest BCUT2D eigenvalue weighted by Crippen LogP contribution is -2.28. The third kappa shape index (κ3) is 8.97. The van der Waals surface area contributed by atoms with E-state index in [-0.39, 0.29) is 12.3 Å². The maximum absolute atomic E-state index is 13.2. The van der Waals surface area contributed by atoms with Crippen LogP contribution in [0.3, 0.4) is 0 Å². The van der Waals surface area contributed by atoms with E-state index >= 15 is 0 Å². The van der Waals surface area contributed by atoms with Gasteiger partial charge in [-0.2, -0.15) is 0 Å². The lowest BCUT2D eigenvalue weighted by Gasteiger charge is -2.24. The van der Waals surface area contributed by atoms with Gasteiger partial charge in [0.25, 0.3) is 5.90 Å². The molecule has 29 heavy (non-hydrogen) atoms. The number of carbonyl (C=O) groups excluding carboxylic acids is 1. The van der Waals surface area contributed by atoms with Gasteiger partial charge in [-0.05, 0) is 11.1 Å². The summed E-state index contributed by atoms with van der Waals surface area (Å²) in [6.07, 6.45) is -1.95. The number of oxime groups is 1. The van der Waals surface area contributed by atoms with E-state index in [1.54, 1.807) is 14.1 Å². The standard InChI is InChI=1S/C18H26Cl3N2O4PS/c1-6-28(25,7-2)29-15(16(22-26-5)27-17(24)23(3)4)14-10-8-13(9-11-14)12-18(19,20)21/h8-11,15H,6-7,12H2,1-5H3. The number of rotatable bonds is 8. The molecule has 0 saturated carbocycles. The highest BCUT2D eigenvalue weighted by molar-refractivity contribution is 8.58. The van der Waals surface area contributed by atoms with Crippen molar-refractivity contribution in [2.24, 2.45) is 5.16 Å².